The Bertz CT molecular complexity index is 1480. The summed E-state index contributed by atoms with van der Waals surface area (Å²) >= 11 is 1.26. The quantitative estimate of drug-likeness (QED) is 0.404. The van der Waals surface area contributed by atoms with Crippen LogP contribution < -0.4 is 9.47 Å². The molecular weight excluding hydrogens is 491 g/mol. The molecule has 0 aliphatic carbocycles. The number of carbonyl (C=O) groups excluding carboxylic acids is 1. The fourth-order valence-electron chi connectivity index (χ4n) is 3.74. The van der Waals surface area contributed by atoms with Gasteiger partial charge in [-0.05, 0) is 55.4 Å². The van der Waals surface area contributed by atoms with Crippen LogP contribution in [-0.4, -0.2) is 33.6 Å². The van der Waals surface area contributed by atoms with Gasteiger partial charge < -0.3 is 9.47 Å². The number of amidine groups is 2. The highest BCUT2D eigenvalue weighted by molar-refractivity contribution is 8.27. The van der Waals surface area contributed by atoms with E-state index >= 15 is 0 Å². The Morgan fingerprint density at radius 1 is 1.05 bits per heavy atom. The normalized spacial score (nSPS) is 16.0. The third-order valence-corrected chi connectivity index (χ3v) is 6.63. The maximum Gasteiger partial charge on any atom is 0.283 e. The van der Waals surface area contributed by atoms with Gasteiger partial charge in [0, 0.05) is 11.1 Å². The van der Waals surface area contributed by atoms with Crippen LogP contribution in [0.15, 0.2) is 82.4 Å². The minimum Gasteiger partial charge on any atom is -0.490 e. The Labute approximate surface area is 217 Å². The van der Waals surface area contributed by atoms with Crippen molar-refractivity contribution in [1.82, 2.24) is 5.01 Å². The van der Waals surface area contributed by atoms with Gasteiger partial charge in [0.1, 0.15) is 17.5 Å². The van der Waals surface area contributed by atoms with Gasteiger partial charge in [-0.3, -0.25) is 10.2 Å². The van der Waals surface area contributed by atoms with Gasteiger partial charge in [-0.2, -0.15) is 15.1 Å². The molecule has 1 N–H and O–H groups in total. The molecule has 2 heterocycles. The van der Waals surface area contributed by atoms with Crippen molar-refractivity contribution in [3.05, 3.63) is 100 Å². The van der Waals surface area contributed by atoms with Crippen LogP contribution in [0, 0.1) is 18.2 Å². The average molecular weight is 515 g/mol. The van der Waals surface area contributed by atoms with Crippen LogP contribution in [-0.2, 0) is 11.4 Å². The smallest absolute Gasteiger partial charge is 0.283 e. The highest BCUT2D eigenvalue weighted by atomic mass is 32.2. The van der Waals surface area contributed by atoms with Crippen molar-refractivity contribution in [2.45, 2.75) is 20.5 Å². The van der Waals surface area contributed by atoms with Gasteiger partial charge in [-0.1, -0.05) is 54.1 Å². The summed E-state index contributed by atoms with van der Waals surface area (Å²) in [6.07, 6.45) is 1.58. The fraction of sp³-hybridized carbons (Fsp3) is 0.143. The van der Waals surface area contributed by atoms with E-state index in [4.69, 9.17) is 14.9 Å². The van der Waals surface area contributed by atoms with Crippen molar-refractivity contribution < 1.29 is 18.7 Å². The largest absolute Gasteiger partial charge is 0.490 e. The van der Waals surface area contributed by atoms with Crippen LogP contribution >= 0.6 is 11.8 Å². The van der Waals surface area contributed by atoms with E-state index in [1.165, 1.54) is 22.8 Å². The van der Waals surface area contributed by atoms with Crippen molar-refractivity contribution in [3.8, 4) is 11.5 Å². The number of ether oxygens (including phenoxy) is 2. The Kier molecular flexibility index (Phi) is 6.87. The molecule has 2 aliphatic rings. The van der Waals surface area contributed by atoms with Crippen molar-refractivity contribution in [3.63, 3.8) is 0 Å². The molecule has 0 saturated carbocycles. The predicted octanol–water partition coefficient (Wildman–Crippen LogP) is 5.78. The Balaban J connectivity index is 1.39. The number of halogens is 1. The maximum absolute atomic E-state index is 14.0. The first-order valence-corrected chi connectivity index (χ1v) is 12.4. The molecule has 3 aromatic carbocycles. The number of amides is 1. The molecule has 3 aromatic rings. The molecule has 9 heteroatoms. The minimum atomic E-state index is -0.512. The number of hydrogen-bond donors (Lipinski definition) is 1. The summed E-state index contributed by atoms with van der Waals surface area (Å²) in [5.74, 6) is -0.0156. The van der Waals surface area contributed by atoms with Gasteiger partial charge in [0.05, 0.1) is 12.2 Å². The van der Waals surface area contributed by atoms with Crippen LogP contribution in [0.3, 0.4) is 0 Å². The van der Waals surface area contributed by atoms with Crippen LogP contribution in [0.1, 0.15) is 29.2 Å². The Morgan fingerprint density at radius 2 is 1.84 bits per heavy atom. The van der Waals surface area contributed by atoms with E-state index in [9.17, 15) is 9.18 Å². The molecule has 0 saturated heterocycles. The molecule has 7 nitrogen and oxygen atoms in total. The third-order valence-electron chi connectivity index (χ3n) is 5.67. The van der Waals surface area contributed by atoms with Gasteiger partial charge in [0.2, 0.25) is 5.17 Å². The van der Waals surface area contributed by atoms with Crippen LogP contribution in [0.2, 0.25) is 0 Å². The zero-order valence-corrected chi connectivity index (χ0v) is 21.0. The fourth-order valence-corrected chi connectivity index (χ4v) is 4.64. The Morgan fingerprint density at radius 3 is 2.59 bits per heavy atom. The number of thioether (sulfide) groups is 1. The predicted molar refractivity (Wildman–Crippen MR) is 144 cm³/mol. The van der Waals surface area contributed by atoms with E-state index in [0.717, 1.165) is 11.1 Å². The van der Waals surface area contributed by atoms with E-state index in [0.29, 0.717) is 39.4 Å². The monoisotopic (exact) mass is 514 g/mol. The van der Waals surface area contributed by atoms with Crippen LogP contribution in [0.4, 0.5) is 4.39 Å². The molecule has 2 aliphatic heterocycles. The molecule has 0 bridgehead atoms. The molecule has 0 unspecified atom stereocenters. The number of nitrogens with zero attached hydrogens (tertiary/aromatic N) is 3. The maximum atomic E-state index is 14.0. The van der Waals surface area contributed by atoms with Crippen LogP contribution in [0.5, 0.6) is 11.5 Å². The first kappa shape index (κ1) is 24.5. The van der Waals surface area contributed by atoms with Gasteiger partial charge in [0.25, 0.3) is 5.91 Å². The van der Waals surface area contributed by atoms with Gasteiger partial charge in [0.15, 0.2) is 17.3 Å². The number of aryl methyl sites for hydroxylation is 1. The zero-order valence-electron chi connectivity index (χ0n) is 20.2. The van der Waals surface area contributed by atoms with Crippen molar-refractivity contribution >= 4 is 39.8 Å². The lowest BCUT2D eigenvalue weighted by Gasteiger charge is -2.20. The molecule has 0 spiro atoms. The number of benzene rings is 3. The van der Waals surface area contributed by atoms with E-state index < -0.39 is 5.91 Å². The topological polar surface area (TPSA) is 87.3 Å². The van der Waals surface area contributed by atoms with Crippen molar-refractivity contribution in [2.24, 2.45) is 10.1 Å². The summed E-state index contributed by atoms with van der Waals surface area (Å²) in [7, 11) is 0. The van der Waals surface area contributed by atoms with E-state index in [2.05, 4.69) is 10.1 Å². The summed E-state index contributed by atoms with van der Waals surface area (Å²) in [5, 5.41) is 15.6. The van der Waals surface area contributed by atoms with Gasteiger partial charge in [-0.25, -0.2) is 4.39 Å². The van der Waals surface area contributed by atoms with Gasteiger partial charge >= 0.3 is 0 Å². The second-order valence-electron chi connectivity index (χ2n) is 8.31. The minimum absolute atomic E-state index is 0.0434. The number of rotatable bonds is 7. The lowest BCUT2D eigenvalue weighted by molar-refractivity contribution is -0.114. The van der Waals surface area contributed by atoms with Crippen molar-refractivity contribution in [2.75, 3.05) is 6.61 Å². The number of carbonyl (C=O) groups is 1. The SMILES string of the molecule is CCOc1cc(C=C2C(=N)N3N=C(c4ccc(C)cc4)SC3=NC2=O)ccc1OCc1ccccc1F. The molecule has 37 heavy (non-hydrogen) atoms. The zero-order chi connectivity index (χ0) is 25.9. The molecule has 5 rings (SSSR count). The lowest BCUT2D eigenvalue weighted by Crippen LogP contribution is -2.35. The molecule has 0 atom stereocenters. The standard InChI is InChI=1S/C28H23FN4O3S/c1-3-35-24-15-18(10-13-23(24)36-16-20-6-4-5-7-22(20)29)14-21-25(30)33-28(31-26(21)34)37-27(32-33)19-11-8-17(2)9-12-19/h4-15,30H,3,16H2,1-2H3. The molecule has 0 radical (unpaired) electrons. The average Bonchev–Trinajstić information content (AvgIpc) is 3.31. The second kappa shape index (κ2) is 10.4. The first-order chi connectivity index (χ1) is 17.9. The number of aliphatic imine (C=N–C) groups is 1. The van der Waals surface area contributed by atoms with Crippen LogP contribution in [0.25, 0.3) is 6.08 Å². The Hall–Kier alpha value is -4.24. The van der Waals surface area contributed by atoms with E-state index in [1.807, 2.05) is 38.1 Å². The molecule has 0 fully saturated rings. The number of nitrogens with one attached hydrogen (secondary N) is 1. The van der Waals surface area contributed by atoms with Gasteiger partial charge in [-0.15, -0.1) is 0 Å². The summed E-state index contributed by atoms with van der Waals surface area (Å²) in [6, 6.07) is 19.4. The molecular formula is C28H23FN4O3S. The number of fused-ring (bicyclic) bond motifs is 1. The van der Waals surface area contributed by atoms with E-state index in [1.54, 1.807) is 42.5 Å². The molecule has 0 aromatic heterocycles. The third kappa shape index (κ3) is 5.17. The molecule has 1 amide bonds. The second-order valence-corrected chi connectivity index (χ2v) is 9.27. The number of hydrazone groups is 1. The summed E-state index contributed by atoms with van der Waals surface area (Å²) < 4.78 is 25.5. The summed E-state index contributed by atoms with van der Waals surface area (Å²) in [4.78, 5) is 17.0. The number of hydrogen-bond acceptors (Lipinski definition) is 6. The first-order valence-electron chi connectivity index (χ1n) is 11.6. The van der Waals surface area contributed by atoms with Crippen molar-refractivity contribution in [1.29, 1.82) is 5.41 Å². The summed E-state index contributed by atoms with van der Waals surface area (Å²) in [5.41, 5.74) is 3.19. The lowest BCUT2D eigenvalue weighted by atomic mass is 10.1. The summed E-state index contributed by atoms with van der Waals surface area (Å²) in [6.45, 7) is 4.28. The van der Waals surface area contributed by atoms with E-state index in [-0.39, 0.29) is 23.8 Å². The highest BCUT2D eigenvalue weighted by Crippen LogP contribution is 2.33. The molecule has 186 valence electrons. The highest BCUT2D eigenvalue weighted by Gasteiger charge is 2.36.